The van der Waals surface area contributed by atoms with Gasteiger partial charge in [-0.3, -0.25) is 4.57 Å². The standard InChI is InChI=1S/C61H46N2O/c1-60(2)51-18-10-8-16-44(51)46-29-26-40(35-53(46)60)39-28-31-57-49(32-39)50-34-42(41-27-30-47-45-17-9-11-19-52(45)61(3,4)54(47)36-41)33-48(58(50)64-57)37-22-24-38(25-23-37)59-62-55-20-12-13-21-56(55)63(59)43-14-6-5-7-15-43/h5-31,33-36,39H,32H2,1-4H3. The Kier molecular flexibility index (Phi) is 7.83. The van der Waals surface area contributed by atoms with E-state index in [9.17, 15) is 0 Å². The molecule has 1 unspecified atom stereocenters. The van der Waals surface area contributed by atoms with E-state index >= 15 is 0 Å². The number of hydrogen-bond acceptors (Lipinski definition) is 2. The van der Waals surface area contributed by atoms with E-state index in [0.29, 0.717) is 0 Å². The lowest BCUT2D eigenvalue weighted by atomic mass is 9.79. The van der Waals surface area contributed by atoms with E-state index in [0.717, 1.165) is 57.0 Å². The second kappa shape index (κ2) is 13.5. The van der Waals surface area contributed by atoms with Crippen LogP contribution in [0.3, 0.4) is 0 Å². The Bertz CT molecular complexity index is 3580. The first kappa shape index (κ1) is 37.1. The first-order valence-corrected chi connectivity index (χ1v) is 22.6. The normalized spacial score (nSPS) is 16.1. The van der Waals surface area contributed by atoms with E-state index in [4.69, 9.17) is 9.40 Å². The molecule has 0 aliphatic heterocycles. The summed E-state index contributed by atoms with van der Waals surface area (Å²) >= 11 is 0. The van der Waals surface area contributed by atoms with Crippen LogP contribution in [0, 0.1) is 0 Å². The molecule has 2 heterocycles. The van der Waals surface area contributed by atoms with Crippen LogP contribution in [0.5, 0.6) is 0 Å². The van der Waals surface area contributed by atoms with Crippen molar-refractivity contribution in [3.05, 3.63) is 221 Å². The van der Waals surface area contributed by atoms with Crippen molar-refractivity contribution in [3.63, 3.8) is 0 Å². The zero-order valence-corrected chi connectivity index (χ0v) is 36.5. The van der Waals surface area contributed by atoms with E-state index in [1.54, 1.807) is 0 Å². The fraction of sp³-hybridized carbons (Fsp3) is 0.131. The third-order valence-electron chi connectivity index (χ3n) is 14.8. The number of fused-ring (bicyclic) bond motifs is 10. The van der Waals surface area contributed by atoms with Gasteiger partial charge in [-0.25, -0.2) is 4.98 Å². The van der Waals surface area contributed by atoms with E-state index in [-0.39, 0.29) is 16.7 Å². The van der Waals surface area contributed by atoms with Gasteiger partial charge in [-0.15, -0.1) is 0 Å². The van der Waals surface area contributed by atoms with E-state index < -0.39 is 0 Å². The maximum atomic E-state index is 6.98. The first-order chi connectivity index (χ1) is 31.2. The van der Waals surface area contributed by atoms with Crippen LogP contribution in [-0.4, -0.2) is 9.55 Å². The van der Waals surface area contributed by atoms with Gasteiger partial charge in [0.05, 0.1) is 11.0 Å². The number of rotatable bonds is 5. The van der Waals surface area contributed by atoms with Gasteiger partial charge in [0.2, 0.25) is 0 Å². The molecule has 10 aromatic rings. The zero-order valence-electron chi connectivity index (χ0n) is 36.5. The minimum atomic E-state index is -0.0977. The highest BCUT2D eigenvalue weighted by molar-refractivity contribution is 6.01. The van der Waals surface area contributed by atoms with Crippen molar-refractivity contribution < 1.29 is 4.42 Å². The lowest BCUT2D eigenvalue weighted by Crippen LogP contribution is -2.15. The summed E-state index contributed by atoms with van der Waals surface area (Å²) in [5.41, 5.74) is 23.2. The molecule has 0 spiro atoms. The van der Waals surface area contributed by atoms with Crippen LogP contribution in [0.15, 0.2) is 186 Å². The van der Waals surface area contributed by atoms with Crippen LogP contribution >= 0.6 is 0 Å². The smallest absolute Gasteiger partial charge is 0.145 e. The van der Waals surface area contributed by atoms with Gasteiger partial charge in [0.15, 0.2) is 0 Å². The molecular weight excluding hydrogens is 777 g/mol. The van der Waals surface area contributed by atoms with Crippen LogP contribution in [0.4, 0.5) is 0 Å². The van der Waals surface area contributed by atoms with Gasteiger partial charge < -0.3 is 4.42 Å². The minimum Gasteiger partial charge on any atom is -0.456 e. The van der Waals surface area contributed by atoms with Gasteiger partial charge in [0.1, 0.15) is 17.2 Å². The molecule has 306 valence electrons. The molecule has 0 saturated heterocycles. The van der Waals surface area contributed by atoms with Crippen molar-refractivity contribution >= 4 is 28.1 Å². The molecule has 3 aliphatic carbocycles. The molecule has 13 rings (SSSR count). The van der Waals surface area contributed by atoms with Crippen LogP contribution in [0.1, 0.15) is 72.8 Å². The number of para-hydroxylation sites is 3. The Morgan fingerprint density at radius 1 is 0.516 bits per heavy atom. The van der Waals surface area contributed by atoms with Crippen molar-refractivity contribution in [2.24, 2.45) is 0 Å². The summed E-state index contributed by atoms with van der Waals surface area (Å²) in [5, 5.41) is 1.18. The Labute approximate surface area is 374 Å². The Balaban J connectivity index is 0.945. The molecule has 3 nitrogen and oxygen atoms in total. The Morgan fingerprint density at radius 2 is 1.12 bits per heavy atom. The number of nitrogens with zero attached hydrogens (tertiary/aromatic N) is 2. The molecular formula is C61H46N2O. The molecule has 0 bridgehead atoms. The fourth-order valence-electron chi connectivity index (χ4n) is 11.4. The van der Waals surface area contributed by atoms with Gasteiger partial charge >= 0.3 is 0 Å². The first-order valence-electron chi connectivity index (χ1n) is 22.6. The SMILES string of the molecule is CC1(C)c2ccccc2-c2ccc(-c3cc(-c4ccc(-c5nc6ccccc6n5-c5ccccc5)cc4)c4oc5c(c4c3)CC(c3ccc4c(c3)C(C)(C)c3ccccc3-4)C=C5)cc21. The average Bonchev–Trinajstić information content (AvgIpc) is 4.04. The molecule has 0 radical (unpaired) electrons. The van der Waals surface area contributed by atoms with E-state index in [1.807, 2.05) is 0 Å². The van der Waals surface area contributed by atoms with Gasteiger partial charge in [0.25, 0.3) is 0 Å². The topological polar surface area (TPSA) is 31.0 Å². The second-order valence-electron chi connectivity index (χ2n) is 19.1. The molecule has 1 atom stereocenters. The van der Waals surface area contributed by atoms with Crippen LogP contribution in [-0.2, 0) is 17.3 Å². The summed E-state index contributed by atoms with van der Waals surface area (Å²) in [5.74, 6) is 2.10. The quantitative estimate of drug-likeness (QED) is 0.173. The summed E-state index contributed by atoms with van der Waals surface area (Å²) in [6, 6.07) is 64.7. The molecule has 3 aliphatic rings. The van der Waals surface area contributed by atoms with Crippen molar-refractivity contribution in [2.45, 2.75) is 50.9 Å². The van der Waals surface area contributed by atoms with Crippen LogP contribution in [0.25, 0.3) is 89.7 Å². The monoisotopic (exact) mass is 822 g/mol. The number of aromatic nitrogens is 2. The van der Waals surface area contributed by atoms with Crippen molar-refractivity contribution in [2.75, 3.05) is 0 Å². The predicted molar refractivity (Wildman–Crippen MR) is 264 cm³/mol. The molecule has 0 fully saturated rings. The van der Waals surface area contributed by atoms with E-state index in [1.165, 1.54) is 72.1 Å². The van der Waals surface area contributed by atoms with Gasteiger partial charge in [-0.05, 0) is 122 Å². The fourth-order valence-corrected chi connectivity index (χ4v) is 11.4. The molecule has 8 aromatic carbocycles. The summed E-state index contributed by atoms with van der Waals surface area (Å²) in [4.78, 5) is 5.17. The minimum absolute atomic E-state index is 0.0485. The van der Waals surface area contributed by atoms with Crippen molar-refractivity contribution in [3.8, 4) is 61.6 Å². The van der Waals surface area contributed by atoms with Crippen molar-refractivity contribution in [1.29, 1.82) is 0 Å². The number of hydrogen-bond donors (Lipinski definition) is 0. The summed E-state index contributed by atoms with van der Waals surface area (Å²) in [7, 11) is 0. The van der Waals surface area contributed by atoms with Gasteiger partial charge in [-0.2, -0.15) is 0 Å². The molecule has 3 heteroatoms. The number of imidazole rings is 1. The maximum absolute atomic E-state index is 6.98. The van der Waals surface area contributed by atoms with Crippen LogP contribution in [0.2, 0.25) is 0 Å². The molecule has 2 aromatic heterocycles. The van der Waals surface area contributed by atoms with Gasteiger partial charge in [0, 0.05) is 44.5 Å². The number of allylic oxidation sites excluding steroid dienone is 1. The molecule has 0 saturated carbocycles. The summed E-state index contributed by atoms with van der Waals surface area (Å²) in [6.45, 7) is 9.46. The van der Waals surface area contributed by atoms with E-state index in [2.05, 4.69) is 220 Å². The molecule has 64 heavy (non-hydrogen) atoms. The average molecular weight is 823 g/mol. The third kappa shape index (κ3) is 5.37. The zero-order chi connectivity index (χ0) is 42.9. The largest absolute Gasteiger partial charge is 0.456 e. The molecule has 0 amide bonds. The Morgan fingerprint density at radius 3 is 1.88 bits per heavy atom. The predicted octanol–water partition coefficient (Wildman–Crippen LogP) is 15.7. The summed E-state index contributed by atoms with van der Waals surface area (Å²) < 4.78 is 9.24. The second-order valence-corrected chi connectivity index (χ2v) is 19.1. The lowest BCUT2D eigenvalue weighted by Gasteiger charge is -2.24. The highest BCUT2D eigenvalue weighted by Crippen LogP contribution is 2.52. The third-order valence-corrected chi connectivity index (χ3v) is 14.8. The van der Waals surface area contributed by atoms with Crippen LogP contribution < -0.4 is 0 Å². The maximum Gasteiger partial charge on any atom is 0.145 e. The lowest BCUT2D eigenvalue weighted by molar-refractivity contribution is 0.592. The highest BCUT2D eigenvalue weighted by Gasteiger charge is 2.37. The Hall–Kier alpha value is -7.49. The number of benzene rings is 8. The summed E-state index contributed by atoms with van der Waals surface area (Å²) in [6.07, 6.45) is 5.46. The van der Waals surface area contributed by atoms with Gasteiger partial charge in [-0.1, -0.05) is 167 Å². The highest BCUT2D eigenvalue weighted by atomic mass is 16.3. The number of furan rings is 1. The van der Waals surface area contributed by atoms with Crippen molar-refractivity contribution in [1.82, 2.24) is 9.55 Å². The molecule has 0 N–H and O–H groups in total.